The van der Waals surface area contributed by atoms with Crippen molar-refractivity contribution in [3.05, 3.63) is 0 Å². The number of aliphatic hydroxyl groups excluding tert-OH is 1. The number of carbonyl (C=O) groups is 1. The van der Waals surface area contributed by atoms with Gasteiger partial charge in [0.25, 0.3) is 0 Å². The van der Waals surface area contributed by atoms with E-state index >= 15 is 0 Å². The molecule has 2 N–H and O–H groups in total. The molecule has 0 aliphatic carbocycles. The minimum absolute atomic E-state index is 0.105. The summed E-state index contributed by atoms with van der Waals surface area (Å²) in [6, 6.07) is 0. The molecule has 0 saturated carbocycles. The molecule has 0 aliphatic heterocycles. The Morgan fingerprint density at radius 1 is 1.40 bits per heavy atom. The molecule has 0 bridgehead atoms. The van der Waals surface area contributed by atoms with Gasteiger partial charge in [0.1, 0.15) is 0 Å². The summed E-state index contributed by atoms with van der Waals surface area (Å²) in [5.74, 6) is 0.176. The number of ether oxygens (including phenoxy) is 1. The fourth-order valence-corrected chi connectivity index (χ4v) is 1.24. The zero-order valence-corrected chi connectivity index (χ0v) is 9.95. The van der Waals surface area contributed by atoms with Crippen molar-refractivity contribution in [2.45, 2.75) is 27.2 Å². The summed E-state index contributed by atoms with van der Waals surface area (Å²) in [6.07, 6.45) is 0.792. The molecule has 4 nitrogen and oxygen atoms in total. The van der Waals surface area contributed by atoms with Crippen molar-refractivity contribution < 1.29 is 14.6 Å². The highest BCUT2D eigenvalue weighted by Gasteiger charge is 2.13. The largest absolute Gasteiger partial charge is 0.466 e. The first-order valence-corrected chi connectivity index (χ1v) is 5.60. The molecular formula is C11H23NO3. The van der Waals surface area contributed by atoms with Crippen molar-refractivity contribution in [1.82, 2.24) is 5.32 Å². The first-order valence-electron chi connectivity index (χ1n) is 5.60. The second-order valence-corrected chi connectivity index (χ2v) is 3.93. The summed E-state index contributed by atoms with van der Waals surface area (Å²) in [5, 5.41) is 11.9. The van der Waals surface area contributed by atoms with E-state index in [1.54, 1.807) is 6.92 Å². The third-order valence-corrected chi connectivity index (χ3v) is 2.25. The zero-order chi connectivity index (χ0) is 11.7. The van der Waals surface area contributed by atoms with Crippen molar-refractivity contribution in [2.75, 3.05) is 26.3 Å². The first kappa shape index (κ1) is 14.4. The predicted octanol–water partition coefficient (Wildman–Crippen LogP) is 0.794. The van der Waals surface area contributed by atoms with Crippen molar-refractivity contribution in [3.63, 3.8) is 0 Å². The van der Waals surface area contributed by atoms with Gasteiger partial charge in [0.15, 0.2) is 0 Å². The lowest BCUT2D eigenvalue weighted by Crippen LogP contribution is -2.31. The van der Waals surface area contributed by atoms with Gasteiger partial charge in [-0.2, -0.15) is 0 Å². The van der Waals surface area contributed by atoms with Gasteiger partial charge in [0.2, 0.25) is 0 Å². The Bertz CT molecular complexity index is 173. The Balaban J connectivity index is 3.53. The fourth-order valence-electron chi connectivity index (χ4n) is 1.24. The van der Waals surface area contributed by atoms with E-state index < -0.39 is 0 Å². The average molecular weight is 217 g/mol. The number of hydrogen-bond acceptors (Lipinski definition) is 4. The van der Waals surface area contributed by atoms with Crippen molar-refractivity contribution in [2.24, 2.45) is 11.8 Å². The molecule has 0 aromatic heterocycles. The lowest BCUT2D eigenvalue weighted by atomic mass is 10.1. The van der Waals surface area contributed by atoms with Crippen LogP contribution in [0.2, 0.25) is 0 Å². The second-order valence-electron chi connectivity index (χ2n) is 3.93. The van der Waals surface area contributed by atoms with Gasteiger partial charge in [-0.1, -0.05) is 13.8 Å². The van der Waals surface area contributed by atoms with Crippen LogP contribution in [0, 0.1) is 11.8 Å². The molecule has 0 heterocycles. The molecular weight excluding hydrogens is 194 g/mol. The summed E-state index contributed by atoms with van der Waals surface area (Å²) in [5.41, 5.74) is 0. The Hall–Kier alpha value is -0.610. The molecule has 0 spiro atoms. The van der Waals surface area contributed by atoms with Crippen LogP contribution in [0.3, 0.4) is 0 Å². The Morgan fingerprint density at radius 2 is 2.07 bits per heavy atom. The van der Waals surface area contributed by atoms with Crippen molar-refractivity contribution in [3.8, 4) is 0 Å². The topological polar surface area (TPSA) is 58.6 Å². The van der Waals surface area contributed by atoms with Gasteiger partial charge in [-0.05, 0) is 25.8 Å². The number of nitrogens with one attached hydrogen (secondary N) is 1. The minimum atomic E-state index is -0.153. The van der Waals surface area contributed by atoms with Crippen LogP contribution in [-0.4, -0.2) is 37.4 Å². The van der Waals surface area contributed by atoms with E-state index in [4.69, 9.17) is 9.84 Å². The summed E-state index contributed by atoms with van der Waals surface area (Å²) >= 11 is 0. The molecule has 0 amide bonds. The number of hydrogen-bond donors (Lipinski definition) is 2. The smallest absolute Gasteiger partial charge is 0.309 e. The number of esters is 1. The van der Waals surface area contributed by atoms with Crippen LogP contribution >= 0.6 is 0 Å². The maximum Gasteiger partial charge on any atom is 0.309 e. The summed E-state index contributed by atoms with van der Waals surface area (Å²) in [7, 11) is 0. The van der Waals surface area contributed by atoms with Gasteiger partial charge in [-0.25, -0.2) is 0 Å². The third kappa shape index (κ3) is 7.33. The predicted molar refractivity (Wildman–Crippen MR) is 59.5 cm³/mol. The van der Waals surface area contributed by atoms with E-state index in [0.717, 1.165) is 13.0 Å². The molecule has 2 unspecified atom stereocenters. The van der Waals surface area contributed by atoms with Crippen LogP contribution in [-0.2, 0) is 9.53 Å². The maximum absolute atomic E-state index is 11.2. The number of aliphatic hydroxyl groups is 1. The first-order chi connectivity index (χ1) is 7.11. The summed E-state index contributed by atoms with van der Waals surface area (Å²) in [4.78, 5) is 11.2. The SMILES string of the molecule is CCOC(=O)C(C)CNCC(C)CCO. The van der Waals surface area contributed by atoms with Crippen LogP contribution in [0.5, 0.6) is 0 Å². The average Bonchev–Trinajstić information content (AvgIpc) is 2.18. The molecule has 90 valence electrons. The van der Waals surface area contributed by atoms with E-state index in [-0.39, 0.29) is 18.5 Å². The minimum Gasteiger partial charge on any atom is -0.466 e. The highest BCUT2D eigenvalue weighted by atomic mass is 16.5. The van der Waals surface area contributed by atoms with Gasteiger partial charge < -0.3 is 15.2 Å². The second kappa shape index (κ2) is 8.68. The van der Waals surface area contributed by atoms with Gasteiger partial charge in [-0.3, -0.25) is 4.79 Å². The Kier molecular flexibility index (Phi) is 8.33. The van der Waals surface area contributed by atoms with Gasteiger partial charge in [0, 0.05) is 13.2 Å². The molecule has 0 fully saturated rings. The normalized spacial score (nSPS) is 14.7. The number of rotatable bonds is 8. The quantitative estimate of drug-likeness (QED) is 0.590. The molecule has 15 heavy (non-hydrogen) atoms. The molecule has 0 saturated heterocycles. The monoisotopic (exact) mass is 217 g/mol. The Morgan fingerprint density at radius 3 is 2.60 bits per heavy atom. The van der Waals surface area contributed by atoms with Crippen LogP contribution in [0.1, 0.15) is 27.2 Å². The summed E-state index contributed by atoms with van der Waals surface area (Å²) in [6.45, 7) is 7.83. The van der Waals surface area contributed by atoms with Gasteiger partial charge in [-0.15, -0.1) is 0 Å². The molecule has 0 radical (unpaired) electrons. The Labute approximate surface area is 92.0 Å². The van der Waals surface area contributed by atoms with Crippen LogP contribution < -0.4 is 5.32 Å². The van der Waals surface area contributed by atoms with E-state index in [2.05, 4.69) is 12.2 Å². The van der Waals surface area contributed by atoms with E-state index in [0.29, 0.717) is 19.1 Å². The van der Waals surface area contributed by atoms with Crippen LogP contribution in [0.4, 0.5) is 0 Å². The molecule has 0 aromatic carbocycles. The van der Waals surface area contributed by atoms with Crippen LogP contribution in [0.15, 0.2) is 0 Å². The molecule has 0 aliphatic rings. The molecule has 2 atom stereocenters. The maximum atomic E-state index is 11.2. The van der Waals surface area contributed by atoms with E-state index in [1.165, 1.54) is 0 Å². The highest BCUT2D eigenvalue weighted by molar-refractivity contribution is 5.72. The molecule has 0 rings (SSSR count). The molecule has 0 aromatic rings. The van der Waals surface area contributed by atoms with Crippen molar-refractivity contribution in [1.29, 1.82) is 0 Å². The van der Waals surface area contributed by atoms with Gasteiger partial charge >= 0.3 is 5.97 Å². The lowest BCUT2D eigenvalue weighted by molar-refractivity contribution is -0.147. The third-order valence-electron chi connectivity index (χ3n) is 2.25. The van der Waals surface area contributed by atoms with Crippen molar-refractivity contribution >= 4 is 5.97 Å². The van der Waals surface area contributed by atoms with E-state index in [9.17, 15) is 4.79 Å². The standard InChI is InChI=1S/C11H23NO3/c1-4-15-11(14)10(3)8-12-7-9(2)5-6-13/h9-10,12-13H,4-8H2,1-3H3. The van der Waals surface area contributed by atoms with Crippen LogP contribution in [0.25, 0.3) is 0 Å². The fraction of sp³-hybridized carbons (Fsp3) is 0.909. The highest BCUT2D eigenvalue weighted by Crippen LogP contribution is 2.00. The lowest BCUT2D eigenvalue weighted by Gasteiger charge is -2.14. The summed E-state index contributed by atoms with van der Waals surface area (Å²) < 4.78 is 4.89. The molecule has 4 heteroatoms. The van der Waals surface area contributed by atoms with E-state index in [1.807, 2.05) is 6.92 Å². The van der Waals surface area contributed by atoms with Gasteiger partial charge in [0.05, 0.1) is 12.5 Å². The number of carbonyl (C=O) groups excluding carboxylic acids is 1. The zero-order valence-electron chi connectivity index (χ0n) is 9.95.